The molecule has 0 amide bonds. The number of hydrogen-bond donors (Lipinski definition) is 0. The second-order valence-electron chi connectivity index (χ2n) is 3.08. The van der Waals surface area contributed by atoms with E-state index >= 15 is 0 Å². The molecule has 0 fully saturated rings. The number of para-hydroxylation sites is 1. The topological polar surface area (TPSA) is 34.5 Å². The molecule has 0 atom stereocenters. The van der Waals surface area contributed by atoms with E-state index in [1.54, 1.807) is 0 Å². The molecular weight excluding hydrogens is 346 g/mol. The minimum absolute atomic E-state index is 0.778. The summed E-state index contributed by atoms with van der Waals surface area (Å²) >= 11 is 5.00. The van der Waals surface area contributed by atoms with Gasteiger partial charge in [-0.25, -0.2) is 0 Å². The van der Waals surface area contributed by atoms with Gasteiger partial charge in [-0.05, 0) is 12.1 Å². The van der Waals surface area contributed by atoms with Gasteiger partial charge in [0.25, 0.3) is 0 Å². The Morgan fingerprint density at radius 2 is 1.82 bits per heavy atom. The summed E-state index contributed by atoms with van der Waals surface area (Å²) in [5.74, 6) is 0. The summed E-state index contributed by atoms with van der Waals surface area (Å²) in [6.07, 6.45) is 3.29. The van der Waals surface area contributed by atoms with Crippen molar-refractivity contribution < 1.29 is 4.74 Å². The summed E-state index contributed by atoms with van der Waals surface area (Å²) in [6.45, 7) is 1.62. The zero-order valence-corrected chi connectivity index (χ0v) is 12.6. The molecule has 2 aromatic rings. The van der Waals surface area contributed by atoms with Crippen LogP contribution >= 0.6 is 0 Å². The maximum absolute atomic E-state index is 4.65. The molecule has 3 rings (SSSR count). The van der Waals surface area contributed by atoms with E-state index in [1.165, 1.54) is 11.8 Å². The van der Waals surface area contributed by atoms with Crippen molar-refractivity contribution in [2.75, 3.05) is 13.2 Å². The van der Waals surface area contributed by atoms with Crippen molar-refractivity contribution in [3.8, 4) is 0 Å². The van der Waals surface area contributed by atoms with Crippen molar-refractivity contribution in [2.45, 2.75) is 0 Å². The molecule has 0 unspecified atom stereocenters. The first-order valence-electron chi connectivity index (χ1n) is 5.03. The molecule has 0 saturated heterocycles. The second-order valence-corrected chi connectivity index (χ2v) is 3.08. The van der Waals surface area contributed by atoms with Crippen LogP contribution < -0.4 is 0 Å². The summed E-state index contributed by atoms with van der Waals surface area (Å²) < 4.78 is 4.65. The molecule has 1 aromatic carbocycles. The van der Waals surface area contributed by atoms with E-state index in [2.05, 4.69) is 54.2 Å². The molecule has 1 aromatic heterocycles. The second kappa shape index (κ2) is 9.20. The standard InChI is InChI=1S/C9H7N.C3H5NO.Se2/c1-2-6-9-8(4-1)5-3-7-10-9;1-2-5-3-4-1;1-2/h1-7H;3H,1-2H2;. The Morgan fingerprint density at radius 3 is 2.41 bits per heavy atom. The molecule has 5 heteroatoms. The Bertz CT molecular complexity index is 405. The van der Waals surface area contributed by atoms with Crippen LogP contribution in [-0.4, -0.2) is 51.8 Å². The van der Waals surface area contributed by atoms with Gasteiger partial charge in [-0.3, -0.25) is 9.98 Å². The fourth-order valence-electron chi connectivity index (χ4n) is 1.28. The van der Waals surface area contributed by atoms with Crippen LogP contribution in [0.15, 0.2) is 47.6 Å². The predicted molar refractivity (Wildman–Crippen MR) is 72.6 cm³/mol. The van der Waals surface area contributed by atoms with Crippen LogP contribution in [0, 0.1) is 0 Å². The van der Waals surface area contributed by atoms with E-state index in [0.717, 1.165) is 18.7 Å². The van der Waals surface area contributed by atoms with Crippen LogP contribution in [0.5, 0.6) is 0 Å². The molecule has 88 valence electrons. The third kappa shape index (κ3) is 5.33. The molecule has 0 N–H and O–H groups in total. The summed E-state index contributed by atoms with van der Waals surface area (Å²) in [5.41, 5.74) is 1.06. The molecule has 0 saturated carbocycles. The Hall–Kier alpha value is -0.861. The van der Waals surface area contributed by atoms with E-state index in [0.29, 0.717) is 0 Å². The van der Waals surface area contributed by atoms with Gasteiger partial charge in [0.05, 0.1) is 12.1 Å². The van der Waals surface area contributed by atoms with E-state index < -0.39 is 0 Å². The van der Waals surface area contributed by atoms with Gasteiger partial charge >= 0.3 is 27.3 Å². The zero-order valence-electron chi connectivity index (χ0n) is 9.15. The van der Waals surface area contributed by atoms with Gasteiger partial charge in [0, 0.05) is 11.6 Å². The van der Waals surface area contributed by atoms with Crippen molar-refractivity contribution in [1.82, 2.24) is 4.98 Å². The van der Waals surface area contributed by atoms with Gasteiger partial charge in [0.2, 0.25) is 0 Å². The van der Waals surface area contributed by atoms with Crippen molar-refractivity contribution >= 4 is 44.6 Å². The first kappa shape index (κ1) is 14.2. The van der Waals surface area contributed by atoms with Crippen LogP contribution in [-0.2, 0) is 4.74 Å². The van der Waals surface area contributed by atoms with Gasteiger partial charge < -0.3 is 4.74 Å². The minimum atomic E-state index is 0.778. The Kier molecular flexibility index (Phi) is 7.68. The molecule has 3 nitrogen and oxygen atoms in total. The number of fused-ring (bicyclic) bond motifs is 1. The number of benzene rings is 1. The Balaban J connectivity index is 0.000000175. The first-order chi connectivity index (χ1) is 8.47. The van der Waals surface area contributed by atoms with Gasteiger partial charge in [0.1, 0.15) is 6.61 Å². The molecule has 2 heterocycles. The van der Waals surface area contributed by atoms with E-state index in [1.807, 2.05) is 30.5 Å². The summed E-state index contributed by atoms with van der Waals surface area (Å²) in [6, 6.07) is 12.1. The van der Waals surface area contributed by atoms with Crippen molar-refractivity contribution in [2.24, 2.45) is 4.99 Å². The number of nitrogens with zero attached hydrogens (tertiary/aromatic N) is 2. The zero-order chi connectivity index (χ0) is 12.3. The quantitative estimate of drug-likeness (QED) is 0.670. The molecule has 17 heavy (non-hydrogen) atoms. The number of aliphatic imine (C=N–C) groups is 1. The van der Waals surface area contributed by atoms with Crippen LogP contribution in [0.4, 0.5) is 0 Å². The maximum Gasteiger partial charge on any atom is 0.0701 e. The van der Waals surface area contributed by atoms with Gasteiger partial charge in [-0.2, -0.15) is 0 Å². The largest absolute Gasteiger partial charge is 0.256 e. The van der Waals surface area contributed by atoms with E-state index in [-0.39, 0.29) is 0 Å². The molecule has 1 aliphatic heterocycles. The van der Waals surface area contributed by atoms with Crippen LogP contribution in [0.3, 0.4) is 0 Å². The molecule has 0 bridgehead atoms. The fourth-order valence-corrected chi connectivity index (χ4v) is 1.28. The van der Waals surface area contributed by atoms with Crippen molar-refractivity contribution in [3.05, 3.63) is 42.6 Å². The number of aromatic nitrogens is 1. The van der Waals surface area contributed by atoms with Gasteiger partial charge in [-0.1, -0.05) is 24.3 Å². The summed E-state index contributed by atoms with van der Waals surface area (Å²) in [5, 5.41) is 1.20. The van der Waals surface area contributed by atoms with Gasteiger partial charge in [-0.15, -0.1) is 0 Å². The molecule has 0 radical (unpaired) electrons. The normalized spacial score (nSPS) is 11.8. The minimum Gasteiger partial charge on any atom is -0.256 e. The van der Waals surface area contributed by atoms with Crippen molar-refractivity contribution in [1.29, 1.82) is 0 Å². The molecule has 0 aliphatic carbocycles. The average Bonchev–Trinajstić information content (AvgIpc) is 3.00. The third-order valence-electron chi connectivity index (χ3n) is 2.00. The Morgan fingerprint density at radius 1 is 1.06 bits per heavy atom. The number of hydrogen-bond acceptors (Lipinski definition) is 3. The molecule has 0 spiro atoms. The van der Waals surface area contributed by atoms with Crippen LogP contribution in [0.2, 0.25) is 0 Å². The van der Waals surface area contributed by atoms with E-state index in [4.69, 9.17) is 0 Å². The third-order valence-corrected chi connectivity index (χ3v) is 2.00. The van der Waals surface area contributed by atoms with Crippen molar-refractivity contribution in [3.63, 3.8) is 0 Å². The van der Waals surface area contributed by atoms with E-state index in [9.17, 15) is 0 Å². The monoisotopic (exact) mass is 360 g/mol. The average molecular weight is 358 g/mol. The number of pyridine rings is 1. The first-order valence-corrected chi connectivity index (χ1v) is 9.36. The smallest absolute Gasteiger partial charge is 0.0701 e. The predicted octanol–water partition coefficient (Wildman–Crippen LogP) is 1.52. The fraction of sp³-hybridized carbons (Fsp3) is 0.167. The SMILES string of the molecule is C1=NCCO1.[Se]=[Se].c1ccc2ncccc2c1. The molecule has 1 aliphatic rings. The van der Waals surface area contributed by atoms with Crippen LogP contribution in [0.1, 0.15) is 0 Å². The summed E-state index contributed by atoms with van der Waals surface area (Å²) in [7, 11) is 0. The Labute approximate surface area is 115 Å². The number of ether oxygens (including phenoxy) is 1. The van der Waals surface area contributed by atoms with Crippen LogP contribution in [0.25, 0.3) is 10.9 Å². The maximum atomic E-state index is 4.65. The molecular formula is C12H12N2OSe2. The van der Waals surface area contributed by atoms with Gasteiger partial charge in [0.15, 0.2) is 6.40 Å². The number of rotatable bonds is 0. The summed E-state index contributed by atoms with van der Waals surface area (Å²) in [4.78, 5) is 7.92.